The summed E-state index contributed by atoms with van der Waals surface area (Å²) in [6.07, 6.45) is 0.237. The molecule has 1 heterocycles. The molecule has 0 bridgehead atoms. The van der Waals surface area contributed by atoms with Gasteiger partial charge >= 0.3 is 5.97 Å². The van der Waals surface area contributed by atoms with E-state index in [2.05, 4.69) is 0 Å². The fourth-order valence-corrected chi connectivity index (χ4v) is 1.48. The maximum Gasteiger partial charge on any atom is 0.342 e. The number of benzene rings is 1. The van der Waals surface area contributed by atoms with Gasteiger partial charge in [-0.25, -0.2) is 4.79 Å². The minimum atomic E-state index is -1.05. The SMILES string of the molecule is O=C(O)C(=S)Cc1ccc2c(c1)OCO2. The van der Waals surface area contributed by atoms with Crippen LogP contribution >= 0.6 is 12.2 Å². The zero-order valence-electron chi connectivity index (χ0n) is 7.73. The quantitative estimate of drug-likeness (QED) is 0.787. The molecule has 0 saturated carbocycles. The molecule has 1 aromatic carbocycles. The Morgan fingerprint density at radius 1 is 1.40 bits per heavy atom. The van der Waals surface area contributed by atoms with Crippen LogP contribution < -0.4 is 9.47 Å². The molecule has 5 heteroatoms. The van der Waals surface area contributed by atoms with Crippen molar-refractivity contribution in [2.24, 2.45) is 0 Å². The van der Waals surface area contributed by atoms with Crippen LogP contribution in [0.25, 0.3) is 0 Å². The molecular weight excluding hydrogens is 216 g/mol. The molecule has 1 aliphatic heterocycles. The molecule has 4 nitrogen and oxygen atoms in total. The second-order valence-electron chi connectivity index (χ2n) is 3.09. The first-order valence-electron chi connectivity index (χ1n) is 4.31. The van der Waals surface area contributed by atoms with E-state index in [4.69, 9.17) is 26.8 Å². The van der Waals surface area contributed by atoms with Crippen molar-refractivity contribution in [1.82, 2.24) is 0 Å². The molecule has 2 rings (SSSR count). The highest BCUT2D eigenvalue weighted by Crippen LogP contribution is 2.32. The van der Waals surface area contributed by atoms with Crippen molar-refractivity contribution in [2.75, 3.05) is 6.79 Å². The zero-order valence-corrected chi connectivity index (χ0v) is 8.54. The standard InChI is InChI=1S/C10H8O4S/c11-10(12)9(15)4-6-1-2-7-8(3-6)14-5-13-7/h1-3H,4-5H2,(H,11,12). The molecule has 1 aromatic rings. The number of rotatable bonds is 3. The Balaban J connectivity index is 2.17. The van der Waals surface area contributed by atoms with E-state index in [1.54, 1.807) is 18.2 Å². The van der Waals surface area contributed by atoms with Crippen LogP contribution in [-0.2, 0) is 11.2 Å². The van der Waals surface area contributed by atoms with E-state index in [1.165, 1.54) is 0 Å². The Morgan fingerprint density at radius 3 is 2.87 bits per heavy atom. The first-order valence-corrected chi connectivity index (χ1v) is 4.72. The Bertz CT molecular complexity index is 427. The van der Waals surface area contributed by atoms with E-state index in [1.807, 2.05) is 0 Å². The Morgan fingerprint density at radius 2 is 2.13 bits per heavy atom. The molecule has 0 atom stereocenters. The molecule has 0 spiro atoms. The normalized spacial score (nSPS) is 12.5. The maximum atomic E-state index is 10.5. The van der Waals surface area contributed by atoms with E-state index in [0.29, 0.717) is 11.5 Å². The monoisotopic (exact) mass is 224 g/mol. The van der Waals surface area contributed by atoms with Crippen molar-refractivity contribution in [2.45, 2.75) is 6.42 Å². The second kappa shape index (κ2) is 3.86. The maximum absolute atomic E-state index is 10.5. The first kappa shape index (κ1) is 9.92. The topological polar surface area (TPSA) is 55.8 Å². The van der Waals surface area contributed by atoms with Crippen molar-refractivity contribution in [1.29, 1.82) is 0 Å². The van der Waals surface area contributed by atoms with E-state index >= 15 is 0 Å². The van der Waals surface area contributed by atoms with E-state index < -0.39 is 5.97 Å². The third-order valence-electron chi connectivity index (χ3n) is 2.04. The van der Waals surface area contributed by atoms with Crippen LogP contribution in [0.3, 0.4) is 0 Å². The molecule has 0 unspecified atom stereocenters. The summed E-state index contributed by atoms with van der Waals surface area (Å²) in [7, 11) is 0. The third-order valence-corrected chi connectivity index (χ3v) is 2.36. The van der Waals surface area contributed by atoms with Gasteiger partial charge in [0.2, 0.25) is 6.79 Å². The zero-order chi connectivity index (χ0) is 10.8. The second-order valence-corrected chi connectivity index (χ2v) is 3.59. The summed E-state index contributed by atoms with van der Waals surface area (Å²) in [4.78, 5) is 10.5. The van der Waals surface area contributed by atoms with Crippen molar-refractivity contribution < 1.29 is 19.4 Å². The van der Waals surface area contributed by atoms with Gasteiger partial charge in [0.1, 0.15) is 4.86 Å². The van der Waals surface area contributed by atoms with Crippen LogP contribution in [-0.4, -0.2) is 22.7 Å². The number of carboxylic acids is 1. The molecule has 15 heavy (non-hydrogen) atoms. The first-order chi connectivity index (χ1) is 7.16. The summed E-state index contributed by atoms with van der Waals surface area (Å²) >= 11 is 4.72. The molecule has 0 radical (unpaired) electrons. The van der Waals surface area contributed by atoms with Gasteiger partial charge in [-0.05, 0) is 17.7 Å². The average Bonchev–Trinajstić information content (AvgIpc) is 2.64. The Labute approximate surface area is 91.4 Å². The van der Waals surface area contributed by atoms with Crippen molar-refractivity contribution >= 4 is 23.1 Å². The predicted molar refractivity (Wildman–Crippen MR) is 56.5 cm³/mol. The Hall–Kier alpha value is -1.62. The molecule has 0 aromatic heterocycles. The van der Waals surface area contributed by atoms with Gasteiger partial charge in [-0.3, -0.25) is 0 Å². The molecule has 0 fully saturated rings. The van der Waals surface area contributed by atoms with Crippen LogP contribution in [0.15, 0.2) is 18.2 Å². The van der Waals surface area contributed by atoms with Crippen LogP contribution in [0.2, 0.25) is 0 Å². The summed E-state index contributed by atoms with van der Waals surface area (Å²) in [5.41, 5.74) is 0.812. The van der Waals surface area contributed by atoms with E-state index in [0.717, 1.165) is 5.56 Å². The molecule has 78 valence electrons. The largest absolute Gasteiger partial charge is 0.477 e. The third kappa shape index (κ3) is 2.07. The number of fused-ring (bicyclic) bond motifs is 1. The highest BCUT2D eigenvalue weighted by atomic mass is 32.1. The highest BCUT2D eigenvalue weighted by molar-refractivity contribution is 7.82. The lowest BCUT2D eigenvalue weighted by Crippen LogP contribution is -2.12. The van der Waals surface area contributed by atoms with Gasteiger partial charge in [0.15, 0.2) is 11.5 Å². The van der Waals surface area contributed by atoms with Gasteiger partial charge in [-0.2, -0.15) is 0 Å². The number of hydrogen-bond acceptors (Lipinski definition) is 4. The average molecular weight is 224 g/mol. The van der Waals surface area contributed by atoms with Crippen molar-refractivity contribution in [3.8, 4) is 11.5 Å². The number of ether oxygens (including phenoxy) is 2. The van der Waals surface area contributed by atoms with Gasteiger partial charge in [-0.1, -0.05) is 18.3 Å². The number of carbonyl (C=O) groups is 1. The summed E-state index contributed by atoms with van der Waals surface area (Å²) in [6, 6.07) is 5.28. The molecule has 1 aliphatic rings. The number of hydrogen-bond donors (Lipinski definition) is 1. The molecule has 0 saturated heterocycles. The van der Waals surface area contributed by atoms with Gasteiger partial charge in [0.25, 0.3) is 0 Å². The molecule has 0 amide bonds. The fourth-order valence-electron chi connectivity index (χ4n) is 1.31. The van der Waals surface area contributed by atoms with Crippen molar-refractivity contribution in [3.63, 3.8) is 0 Å². The van der Waals surface area contributed by atoms with Crippen molar-refractivity contribution in [3.05, 3.63) is 23.8 Å². The van der Waals surface area contributed by atoms with Crippen LogP contribution in [0, 0.1) is 0 Å². The lowest BCUT2D eigenvalue weighted by molar-refractivity contribution is -0.129. The molecule has 0 aliphatic carbocycles. The van der Waals surface area contributed by atoms with Crippen LogP contribution in [0.5, 0.6) is 11.5 Å². The van der Waals surface area contributed by atoms with Gasteiger partial charge in [0, 0.05) is 6.42 Å². The molecular formula is C10H8O4S. The molecule has 1 N–H and O–H groups in total. The predicted octanol–water partition coefficient (Wildman–Crippen LogP) is 1.41. The Kier molecular flexibility index (Phi) is 2.55. The fraction of sp³-hybridized carbons (Fsp3) is 0.200. The minimum Gasteiger partial charge on any atom is -0.477 e. The lowest BCUT2D eigenvalue weighted by atomic mass is 10.1. The summed E-state index contributed by atoms with van der Waals surface area (Å²) in [5.74, 6) is 0.267. The van der Waals surface area contributed by atoms with Gasteiger partial charge < -0.3 is 14.6 Å². The van der Waals surface area contributed by atoms with Gasteiger partial charge in [0.05, 0.1) is 0 Å². The number of aliphatic carboxylic acids is 1. The highest BCUT2D eigenvalue weighted by Gasteiger charge is 2.15. The van der Waals surface area contributed by atoms with Crippen LogP contribution in [0.1, 0.15) is 5.56 Å². The summed E-state index contributed by atoms with van der Waals surface area (Å²) in [5, 5.41) is 8.64. The summed E-state index contributed by atoms with van der Waals surface area (Å²) < 4.78 is 10.3. The lowest BCUT2D eigenvalue weighted by Gasteiger charge is -2.01. The number of thiocarbonyl (C=S) groups is 1. The van der Waals surface area contributed by atoms with E-state index in [9.17, 15) is 4.79 Å². The van der Waals surface area contributed by atoms with Gasteiger partial charge in [-0.15, -0.1) is 0 Å². The van der Waals surface area contributed by atoms with Crippen LogP contribution in [0.4, 0.5) is 0 Å². The van der Waals surface area contributed by atoms with E-state index in [-0.39, 0.29) is 18.1 Å². The summed E-state index contributed by atoms with van der Waals surface area (Å²) in [6.45, 7) is 0.210. The minimum absolute atomic E-state index is 0.00568. The number of carboxylic acid groups (broad SMARTS) is 1. The smallest absolute Gasteiger partial charge is 0.342 e.